The van der Waals surface area contributed by atoms with E-state index in [1.807, 2.05) is 0 Å². The predicted octanol–water partition coefficient (Wildman–Crippen LogP) is 3.26. The molecule has 3 rings (SSSR count). The van der Waals surface area contributed by atoms with Gasteiger partial charge < -0.3 is 19.5 Å². The number of hydrogen-bond acceptors (Lipinski definition) is 6. The van der Waals surface area contributed by atoms with Crippen LogP contribution in [0.3, 0.4) is 0 Å². The Morgan fingerprint density at radius 1 is 1.06 bits per heavy atom. The second-order valence-corrected chi connectivity index (χ2v) is 6.70. The second kappa shape index (κ2) is 10.4. The van der Waals surface area contributed by atoms with Gasteiger partial charge in [-0.25, -0.2) is 14.0 Å². The molecule has 2 aromatic carbocycles. The van der Waals surface area contributed by atoms with Crippen molar-refractivity contribution in [2.75, 3.05) is 19.8 Å². The Hall–Kier alpha value is -3.88. The van der Waals surface area contributed by atoms with Crippen molar-refractivity contribution >= 4 is 24.0 Å². The van der Waals surface area contributed by atoms with E-state index >= 15 is 0 Å². The van der Waals surface area contributed by atoms with Crippen molar-refractivity contribution in [1.82, 2.24) is 10.2 Å². The van der Waals surface area contributed by atoms with Crippen LogP contribution in [0.5, 0.6) is 11.5 Å². The molecule has 1 N–H and O–H groups in total. The molecule has 1 fully saturated rings. The smallest absolute Gasteiger partial charge is 0.344 e. The highest BCUT2D eigenvalue weighted by molar-refractivity contribution is 6.13. The molecule has 8 nitrogen and oxygen atoms in total. The number of halogens is 1. The van der Waals surface area contributed by atoms with Gasteiger partial charge in [0.25, 0.3) is 5.91 Å². The van der Waals surface area contributed by atoms with Gasteiger partial charge in [0.2, 0.25) is 0 Å². The van der Waals surface area contributed by atoms with Crippen LogP contribution in [0.4, 0.5) is 9.18 Å². The zero-order valence-corrected chi connectivity index (χ0v) is 17.7. The Labute approximate surface area is 184 Å². The molecule has 0 radical (unpaired) electrons. The number of imide groups is 1. The number of carbonyl (C=O) groups is 3. The van der Waals surface area contributed by atoms with Gasteiger partial charge in [0.05, 0.1) is 19.8 Å². The van der Waals surface area contributed by atoms with Crippen LogP contribution in [-0.4, -0.2) is 42.6 Å². The number of rotatable bonds is 9. The Bertz CT molecular complexity index is 1050. The first kappa shape index (κ1) is 22.8. The van der Waals surface area contributed by atoms with Gasteiger partial charge in [0.1, 0.15) is 11.5 Å². The number of amides is 3. The molecule has 0 saturated carbocycles. The molecule has 1 heterocycles. The van der Waals surface area contributed by atoms with Gasteiger partial charge in [-0.2, -0.15) is 0 Å². The fourth-order valence-electron chi connectivity index (χ4n) is 3.02. The summed E-state index contributed by atoms with van der Waals surface area (Å²) >= 11 is 0. The van der Waals surface area contributed by atoms with Crippen LogP contribution in [-0.2, 0) is 20.9 Å². The van der Waals surface area contributed by atoms with Gasteiger partial charge >= 0.3 is 12.0 Å². The molecule has 168 valence electrons. The predicted molar refractivity (Wildman–Crippen MR) is 113 cm³/mol. The zero-order chi connectivity index (χ0) is 23.1. The van der Waals surface area contributed by atoms with Crippen LogP contribution in [0, 0.1) is 5.82 Å². The summed E-state index contributed by atoms with van der Waals surface area (Å²) in [7, 11) is 0. The maximum Gasteiger partial charge on any atom is 0.344 e. The molecule has 0 unspecified atom stereocenters. The number of benzene rings is 2. The van der Waals surface area contributed by atoms with Crippen molar-refractivity contribution in [1.29, 1.82) is 0 Å². The van der Waals surface area contributed by atoms with Crippen molar-refractivity contribution < 1.29 is 33.0 Å². The molecule has 0 aliphatic carbocycles. The van der Waals surface area contributed by atoms with Crippen LogP contribution in [0.1, 0.15) is 25.0 Å². The summed E-state index contributed by atoms with van der Waals surface area (Å²) in [4.78, 5) is 37.4. The minimum absolute atomic E-state index is 0.0500. The molecule has 32 heavy (non-hydrogen) atoms. The van der Waals surface area contributed by atoms with Gasteiger partial charge in [-0.05, 0) is 43.7 Å². The SMILES string of the molecule is CCOC(=O)COc1ccc(/C=C2/NC(=O)N(Cc3ccccc3F)C2=O)cc1OCC. The lowest BCUT2D eigenvalue weighted by Gasteiger charge is -2.13. The van der Waals surface area contributed by atoms with Crippen molar-refractivity contribution in [2.45, 2.75) is 20.4 Å². The Balaban J connectivity index is 1.77. The van der Waals surface area contributed by atoms with Crippen molar-refractivity contribution in [3.8, 4) is 11.5 Å². The van der Waals surface area contributed by atoms with Crippen LogP contribution >= 0.6 is 0 Å². The van der Waals surface area contributed by atoms with E-state index in [1.54, 1.807) is 38.1 Å². The summed E-state index contributed by atoms with van der Waals surface area (Å²) in [6, 6.07) is 10.2. The number of urea groups is 1. The number of nitrogens with zero attached hydrogens (tertiary/aromatic N) is 1. The fourth-order valence-corrected chi connectivity index (χ4v) is 3.02. The van der Waals surface area contributed by atoms with E-state index in [0.29, 0.717) is 23.7 Å². The standard InChI is InChI=1S/C23H23FN2O6/c1-3-30-20-12-15(9-10-19(20)32-14-21(27)31-4-2)11-18-22(28)26(23(29)25-18)13-16-7-5-6-8-17(16)24/h5-12H,3-4,13-14H2,1-2H3,(H,25,29)/b18-11+. The molecule has 0 aromatic heterocycles. The Morgan fingerprint density at radius 2 is 1.84 bits per heavy atom. The normalized spacial score (nSPS) is 14.5. The van der Waals surface area contributed by atoms with Crippen LogP contribution < -0.4 is 14.8 Å². The van der Waals surface area contributed by atoms with Gasteiger partial charge in [-0.15, -0.1) is 0 Å². The van der Waals surface area contributed by atoms with Crippen molar-refractivity contribution in [2.24, 2.45) is 0 Å². The first-order valence-electron chi connectivity index (χ1n) is 10.1. The zero-order valence-electron chi connectivity index (χ0n) is 17.7. The first-order chi connectivity index (χ1) is 15.4. The van der Waals surface area contributed by atoms with Crippen LogP contribution in [0.15, 0.2) is 48.2 Å². The van der Waals surface area contributed by atoms with Crippen molar-refractivity contribution in [3.05, 3.63) is 65.1 Å². The number of esters is 1. The minimum Gasteiger partial charge on any atom is -0.490 e. The van der Waals surface area contributed by atoms with E-state index in [0.717, 1.165) is 4.90 Å². The largest absolute Gasteiger partial charge is 0.490 e. The third-order valence-corrected chi connectivity index (χ3v) is 4.48. The first-order valence-corrected chi connectivity index (χ1v) is 10.1. The fraction of sp³-hybridized carbons (Fsp3) is 0.261. The Kier molecular flexibility index (Phi) is 7.43. The van der Waals surface area contributed by atoms with Gasteiger partial charge in [0.15, 0.2) is 18.1 Å². The lowest BCUT2D eigenvalue weighted by Crippen LogP contribution is -2.30. The average Bonchev–Trinajstić information content (AvgIpc) is 3.02. The van der Waals surface area contributed by atoms with Gasteiger partial charge in [-0.3, -0.25) is 9.69 Å². The third-order valence-electron chi connectivity index (χ3n) is 4.48. The van der Waals surface area contributed by atoms with Crippen LogP contribution in [0.2, 0.25) is 0 Å². The van der Waals surface area contributed by atoms with Gasteiger partial charge in [0, 0.05) is 5.56 Å². The van der Waals surface area contributed by atoms with E-state index in [-0.39, 0.29) is 31.0 Å². The summed E-state index contributed by atoms with van der Waals surface area (Å²) in [5.41, 5.74) is 0.848. The topological polar surface area (TPSA) is 94.2 Å². The summed E-state index contributed by atoms with van der Waals surface area (Å²) in [5.74, 6) is -0.865. The minimum atomic E-state index is -0.635. The molecule has 0 spiro atoms. The van der Waals surface area contributed by atoms with E-state index in [1.165, 1.54) is 24.3 Å². The summed E-state index contributed by atoms with van der Waals surface area (Å²) in [5, 5.41) is 2.50. The summed E-state index contributed by atoms with van der Waals surface area (Å²) in [6.07, 6.45) is 1.49. The highest BCUT2D eigenvalue weighted by atomic mass is 19.1. The Morgan fingerprint density at radius 3 is 2.56 bits per heavy atom. The molecule has 1 saturated heterocycles. The molecule has 0 atom stereocenters. The highest BCUT2D eigenvalue weighted by Gasteiger charge is 2.34. The molecule has 0 bridgehead atoms. The van der Waals surface area contributed by atoms with E-state index in [9.17, 15) is 18.8 Å². The summed E-state index contributed by atoms with van der Waals surface area (Å²) in [6.45, 7) is 3.64. The number of ether oxygens (including phenoxy) is 3. The van der Waals surface area contributed by atoms with E-state index < -0.39 is 23.7 Å². The van der Waals surface area contributed by atoms with Crippen LogP contribution in [0.25, 0.3) is 6.08 Å². The maximum atomic E-state index is 13.9. The quantitative estimate of drug-likeness (QED) is 0.364. The molecule has 2 aromatic rings. The highest BCUT2D eigenvalue weighted by Crippen LogP contribution is 2.30. The summed E-state index contributed by atoms with van der Waals surface area (Å²) < 4.78 is 29.8. The van der Waals surface area contributed by atoms with E-state index in [2.05, 4.69) is 5.32 Å². The number of hydrogen-bond donors (Lipinski definition) is 1. The molecular formula is C23H23FN2O6. The molecule has 1 aliphatic rings. The maximum absolute atomic E-state index is 13.9. The number of nitrogens with one attached hydrogen (secondary N) is 1. The lowest BCUT2D eigenvalue weighted by molar-refractivity contribution is -0.145. The molecule has 1 aliphatic heterocycles. The average molecular weight is 442 g/mol. The lowest BCUT2D eigenvalue weighted by atomic mass is 10.1. The van der Waals surface area contributed by atoms with Crippen molar-refractivity contribution in [3.63, 3.8) is 0 Å². The molecule has 3 amide bonds. The molecule has 9 heteroatoms. The van der Waals surface area contributed by atoms with Gasteiger partial charge in [-0.1, -0.05) is 24.3 Å². The third kappa shape index (κ3) is 5.42. The molecular weight excluding hydrogens is 419 g/mol. The number of carbonyl (C=O) groups excluding carboxylic acids is 3. The second-order valence-electron chi connectivity index (χ2n) is 6.70. The van der Waals surface area contributed by atoms with E-state index in [4.69, 9.17) is 14.2 Å². The monoisotopic (exact) mass is 442 g/mol.